The monoisotopic (exact) mass is 564 g/mol. The largest absolute Gasteiger partial charge is 0.490 e. The van der Waals surface area contributed by atoms with Gasteiger partial charge in [-0.2, -0.15) is 4.39 Å². The van der Waals surface area contributed by atoms with E-state index in [0.717, 1.165) is 64.2 Å². The minimum Gasteiger partial charge on any atom is -0.490 e. The first-order valence-corrected chi connectivity index (χ1v) is 15.1. The van der Waals surface area contributed by atoms with E-state index in [1.54, 1.807) is 18.2 Å². The van der Waals surface area contributed by atoms with E-state index in [-0.39, 0.29) is 54.5 Å². The van der Waals surface area contributed by atoms with Crippen molar-refractivity contribution in [3.63, 3.8) is 0 Å². The van der Waals surface area contributed by atoms with Gasteiger partial charge in [-0.1, -0.05) is 25.5 Å². The molecule has 0 heterocycles. The molecule has 0 aliphatic heterocycles. The van der Waals surface area contributed by atoms with Crippen LogP contribution >= 0.6 is 0 Å². The van der Waals surface area contributed by atoms with Gasteiger partial charge in [-0.25, -0.2) is 13.2 Å². The zero-order valence-electron chi connectivity index (χ0n) is 23.7. The molecule has 7 heteroatoms. The van der Waals surface area contributed by atoms with Gasteiger partial charge in [0.2, 0.25) is 5.82 Å². The lowest BCUT2D eigenvalue weighted by atomic mass is 9.73. The third-order valence-electron chi connectivity index (χ3n) is 9.24. The molecule has 0 amide bonds. The maximum absolute atomic E-state index is 15.0. The van der Waals surface area contributed by atoms with Crippen LogP contribution in [0, 0.1) is 35.3 Å². The Morgan fingerprint density at radius 2 is 1.70 bits per heavy atom. The van der Waals surface area contributed by atoms with Crippen LogP contribution < -0.4 is 4.74 Å². The molecule has 1 aromatic rings. The smallest absolute Gasteiger partial charge is 0.200 e. The molecule has 0 spiro atoms. The summed E-state index contributed by atoms with van der Waals surface area (Å²) in [5.41, 5.74) is 0.395. The predicted octanol–water partition coefficient (Wildman–Crippen LogP) is 9.23. The molecule has 0 radical (unpaired) electrons. The topological polar surface area (TPSA) is 38.7 Å². The van der Waals surface area contributed by atoms with Gasteiger partial charge in [0.1, 0.15) is 5.83 Å². The van der Waals surface area contributed by atoms with Crippen molar-refractivity contribution in [2.24, 2.45) is 23.7 Å². The molecule has 222 valence electrons. The Balaban J connectivity index is 1.25. The van der Waals surface area contributed by atoms with Crippen molar-refractivity contribution >= 4 is 0 Å². The number of allylic oxidation sites excluding steroid dienone is 3. The van der Waals surface area contributed by atoms with E-state index in [4.69, 9.17) is 9.47 Å². The van der Waals surface area contributed by atoms with Crippen molar-refractivity contribution in [1.29, 1.82) is 0 Å². The first-order chi connectivity index (χ1) is 19.3. The van der Waals surface area contributed by atoms with Gasteiger partial charge in [0.25, 0.3) is 0 Å². The van der Waals surface area contributed by atoms with Gasteiger partial charge in [0, 0.05) is 5.92 Å². The Bertz CT molecular complexity index is 1050. The number of hydrogen-bond donors (Lipinski definition) is 1. The average molecular weight is 565 g/mol. The fourth-order valence-electron chi connectivity index (χ4n) is 6.77. The summed E-state index contributed by atoms with van der Waals surface area (Å²) in [5.74, 6) is -3.61. The quantitative estimate of drug-likeness (QED) is 0.156. The highest BCUT2D eigenvalue weighted by Crippen LogP contribution is 2.44. The SMILES string of the molecule is C=CCCOC1=CCC(C2CCC(COc3ccc(C4CCC(C(O)CCC)CC4)c(F)c3F)CC2)C(F)=C1F. The van der Waals surface area contributed by atoms with E-state index in [1.165, 1.54) is 6.07 Å². The van der Waals surface area contributed by atoms with Gasteiger partial charge in [-0.15, -0.1) is 6.58 Å². The summed E-state index contributed by atoms with van der Waals surface area (Å²) in [4.78, 5) is 0. The molecule has 2 fully saturated rings. The lowest BCUT2D eigenvalue weighted by Gasteiger charge is -2.34. The van der Waals surface area contributed by atoms with Crippen LogP contribution in [0.4, 0.5) is 17.6 Å². The standard InChI is InChI=1S/C33H44F4O3/c1-3-5-19-39-28-17-15-25(30(34)32(28)36)22-9-7-21(8-10-22)20-40-29-18-16-26(31(35)33(29)37)23-11-13-24(14-12-23)27(38)6-4-2/h3,16-18,21-25,27,38H,1,4-15,19-20H2,2H3. The van der Waals surface area contributed by atoms with Crippen LogP contribution in [-0.2, 0) is 4.74 Å². The zero-order chi connectivity index (χ0) is 28.6. The number of aliphatic hydroxyl groups excluding tert-OH is 1. The lowest BCUT2D eigenvalue weighted by molar-refractivity contribution is 0.0727. The molecule has 40 heavy (non-hydrogen) atoms. The van der Waals surface area contributed by atoms with E-state index < -0.39 is 29.2 Å². The average Bonchev–Trinajstić information content (AvgIpc) is 2.97. The summed E-state index contributed by atoms with van der Waals surface area (Å²) >= 11 is 0. The summed E-state index contributed by atoms with van der Waals surface area (Å²) in [7, 11) is 0. The number of ether oxygens (including phenoxy) is 2. The maximum atomic E-state index is 15.0. The highest BCUT2D eigenvalue weighted by Gasteiger charge is 2.35. The third-order valence-corrected chi connectivity index (χ3v) is 9.24. The minimum atomic E-state index is -0.942. The predicted molar refractivity (Wildman–Crippen MR) is 149 cm³/mol. The Kier molecular flexibility index (Phi) is 11.2. The van der Waals surface area contributed by atoms with Gasteiger partial charge in [-0.05, 0) is 112 Å². The van der Waals surface area contributed by atoms with Crippen LogP contribution in [-0.4, -0.2) is 24.4 Å². The highest BCUT2D eigenvalue weighted by molar-refractivity contribution is 5.33. The van der Waals surface area contributed by atoms with Gasteiger partial charge < -0.3 is 14.6 Å². The second-order valence-corrected chi connectivity index (χ2v) is 11.8. The number of benzene rings is 1. The molecule has 2 unspecified atom stereocenters. The van der Waals surface area contributed by atoms with E-state index in [9.17, 15) is 18.3 Å². The Labute approximate surface area is 236 Å². The number of rotatable bonds is 12. The molecule has 0 bridgehead atoms. The molecule has 3 nitrogen and oxygen atoms in total. The molecule has 2 saturated carbocycles. The Hall–Kier alpha value is -2.28. The van der Waals surface area contributed by atoms with Crippen molar-refractivity contribution in [1.82, 2.24) is 0 Å². The lowest BCUT2D eigenvalue weighted by Crippen LogP contribution is -2.26. The van der Waals surface area contributed by atoms with Gasteiger partial charge in [0.05, 0.1) is 19.3 Å². The molecule has 1 N–H and O–H groups in total. The van der Waals surface area contributed by atoms with Crippen molar-refractivity contribution in [2.45, 2.75) is 96.0 Å². The molecule has 3 aliphatic carbocycles. The van der Waals surface area contributed by atoms with Crippen molar-refractivity contribution in [3.8, 4) is 5.75 Å². The van der Waals surface area contributed by atoms with Crippen molar-refractivity contribution < 1.29 is 32.1 Å². The molecule has 3 aliphatic rings. The Morgan fingerprint density at radius 3 is 2.38 bits per heavy atom. The number of hydrogen-bond acceptors (Lipinski definition) is 3. The van der Waals surface area contributed by atoms with Crippen molar-refractivity contribution in [3.05, 3.63) is 65.5 Å². The Morgan fingerprint density at radius 1 is 0.975 bits per heavy atom. The molecular weight excluding hydrogens is 520 g/mol. The van der Waals surface area contributed by atoms with Crippen LogP contribution in [0.1, 0.15) is 95.5 Å². The maximum Gasteiger partial charge on any atom is 0.200 e. The van der Waals surface area contributed by atoms with Crippen LogP contribution in [0.3, 0.4) is 0 Å². The van der Waals surface area contributed by atoms with E-state index >= 15 is 4.39 Å². The molecule has 4 rings (SSSR count). The summed E-state index contributed by atoms with van der Waals surface area (Å²) < 4.78 is 70.4. The molecule has 2 atom stereocenters. The van der Waals surface area contributed by atoms with Crippen LogP contribution in [0.25, 0.3) is 0 Å². The second kappa shape index (κ2) is 14.6. The van der Waals surface area contributed by atoms with Crippen LogP contribution in [0.2, 0.25) is 0 Å². The normalized spacial score (nSPS) is 28.1. The first kappa shape index (κ1) is 30.7. The number of aliphatic hydroxyl groups is 1. The third kappa shape index (κ3) is 7.32. The fraction of sp³-hybridized carbons (Fsp3) is 0.636. The first-order valence-electron chi connectivity index (χ1n) is 15.1. The summed E-state index contributed by atoms with van der Waals surface area (Å²) in [6.45, 7) is 6.18. The highest BCUT2D eigenvalue weighted by atomic mass is 19.2. The van der Waals surface area contributed by atoms with Crippen LogP contribution in [0.5, 0.6) is 5.75 Å². The summed E-state index contributed by atoms with van der Waals surface area (Å²) in [5, 5.41) is 10.3. The molecule has 0 saturated heterocycles. The summed E-state index contributed by atoms with van der Waals surface area (Å²) in [6.07, 6.45) is 11.8. The van der Waals surface area contributed by atoms with Gasteiger partial charge in [0.15, 0.2) is 23.2 Å². The van der Waals surface area contributed by atoms with E-state index in [2.05, 4.69) is 13.5 Å². The van der Waals surface area contributed by atoms with E-state index in [1.807, 2.05) is 0 Å². The van der Waals surface area contributed by atoms with Crippen molar-refractivity contribution in [2.75, 3.05) is 13.2 Å². The number of halogens is 4. The van der Waals surface area contributed by atoms with Gasteiger partial charge >= 0.3 is 0 Å². The molecule has 0 aromatic heterocycles. The molecule has 1 aromatic carbocycles. The minimum absolute atomic E-state index is 0.0172. The molecular formula is C33H44F4O3. The van der Waals surface area contributed by atoms with E-state index in [0.29, 0.717) is 18.4 Å². The fourth-order valence-corrected chi connectivity index (χ4v) is 6.77. The second-order valence-electron chi connectivity index (χ2n) is 11.8. The van der Waals surface area contributed by atoms with Crippen LogP contribution in [0.15, 0.2) is 48.3 Å². The summed E-state index contributed by atoms with van der Waals surface area (Å²) in [6, 6.07) is 3.18. The zero-order valence-corrected chi connectivity index (χ0v) is 23.7. The van der Waals surface area contributed by atoms with Gasteiger partial charge in [-0.3, -0.25) is 0 Å².